The van der Waals surface area contributed by atoms with Gasteiger partial charge in [-0.1, -0.05) is 20.8 Å². The molecule has 1 heterocycles. The molecular formula is C12H21NS. The number of hydrogen-bond acceptors (Lipinski definition) is 2. The van der Waals surface area contributed by atoms with Crippen LogP contribution >= 0.6 is 11.3 Å². The van der Waals surface area contributed by atoms with E-state index < -0.39 is 0 Å². The predicted octanol–water partition coefficient (Wildman–Crippen LogP) is 3.44. The molecule has 1 nitrogen and oxygen atoms in total. The van der Waals surface area contributed by atoms with Gasteiger partial charge in [-0.3, -0.25) is 0 Å². The van der Waals surface area contributed by atoms with Crippen LogP contribution in [-0.2, 0) is 6.42 Å². The minimum Gasteiger partial charge on any atom is -0.325 e. The highest BCUT2D eigenvalue weighted by Gasteiger charge is 2.26. The van der Waals surface area contributed by atoms with E-state index in [4.69, 9.17) is 5.73 Å². The highest BCUT2D eigenvalue weighted by Crippen LogP contribution is 2.24. The maximum Gasteiger partial charge on any atom is 0.0178 e. The Hall–Kier alpha value is -0.340. The number of nitrogens with two attached hydrogens (primary N) is 1. The third kappa shape index (κ3) is 2.82. The van der Waals surface area contributed by atoms with Gasteiger partial charge in [0.15, 0.2) is 0 Å². The molecule has 14 heavy (non-hydrogen) atoms. The van der Waals surface area contributed by atoms with Crippen molar-refractivity contribution < 1.29 is 0 Å². The lowest BCUT2D eigenvalue weighted by molar-refractivity contribution is 0.278. The van der Waals surface area contributed by atoms with Gasteiger partial charge in [-0.2, -0.15) is 11.3 Å². The zero-order valence-corrected chi connectivity index (χ0v) is 10.2. The second kappa shape index (κ2) is 4.94. The van der Waals surface area contributed by atoms with Crippen molar-refractivity contribution in [2.75, 3.05) is 0 Å². The Balaban J connectivity index is 2.50. The van der Waals surface area contributed by atoms with Gasteiger partial charge in [0.1, 0.15) is 0 Å². The average Bonchev–Trinajstić information content (AvgIpc) is 2.66. The summed E-state index contributed by atoms with van der Waals surface area (Å²) < 4.78 is 0. The van der Waals surface area contributed by atoms with Crippen molar-refractivity contribution in [3.05, 3.63) is 22.4 Å². The van der Waals surface area contributed by atoms with E-state index >= 15 is 0 Å². The summed E-state index contributed by atoms with van der Waals surface area (Å²) in [5.74, 6) is 0.561. The molecule has 1 aromatic rings. The van der Waals surface area contributed by atoms with Gasteiger partial charge in [0.05, 0.1) is 0 Å². The van der Waals surface area contributed by atoms with Gasteiger partial charge in [-0.15, -0.1) is 0 Å². The monoisotopic (exact) mass is 211 g/mol. The molecule has 1 aromatic heterocycles. The molecular weight excluding hydrogens is 190 g/mol. The molecule has 0 bridgehead atoms. The van der Waals surface area contributed by atoms with Gasteiger partial charge >= 0.3 is 0 Å². The van der Waals surface area contributed by atoms with Crippen LogP contribution in [0, 0.1) is 5.92 Å². The van der Waals surface area contributed by atoms with E-state index in [1.54, 1.807) is 11.3 Å². The van der Waals surface area contributed by atoms with Crippen molar-refractivity contribution in [1.29, 1.82) is 0 Å². The molecule has 1 atom stereocenters. The molecule has 1 rings (SSSR count). The molecule has 0 amide bonds. The molecule has 0 saturated heterocycles. The first-order valence-corrected chi connectivity index (χ1v) is 6.32. The van der Waals surface area contributed by atoms with E-state index in [0.717, 1.165) is 19.3 Å². The fraction of sp³-hybridized carbons (Fsp3) is 0.667. The summed E-state index contributed by atoms with van der Waals surface area (Å²) in [6.07, 6.45) is 3.28. The van der Waals surface area contributed by atoms with Crippen LogP contribution in [0.15, 0.2) is 16.8 Å². The number of rotatable bonds is 5. The Morgan fingerprint density at radius 3 is 2.64 bits per heavy atom. The molecule has 2 N–H and O–H groups in total. The first-order valence-electron chi connectivity index (χ1n) is 5.38. The van der Waals surface area contributed by atoms with Gasteiger partial charge in [0.25, 0.3) is 0 Å². The standard InChI is InChI=1S/C12H21NS/c1-4-12(13,10(2)3)7-5-11-6-8-14-9-11/h6,8-10H,4-5,7,13H2,1-3H3. The van der Waals surface area contributed by atoms with Crippen LogP contribution in [-0.4, -0.2) is 5.54 Å². The summed E-state index contributed by atoms with van der Waals surface area (Å²) in [5, 5.41) is 4.35. The Kier molecular flexibility index (Phi) is 4.14. The van der Waals surface area contributed by atoms with Gasteiger partial charge in [-0.25, -0.2) is 0 Å². The molecule has 0 aliphatic carbocycles. The SMILES string of the molecule is CCC(N)(CCc1ccsc1)C(C)C. The smallest absolute Gasteiger partial charge is 0.0178 e. The topological polar surface area (TPSA) is 26.0 Å². The Bertz CT molecular complexity index is 253. The lowest BCUT2D eigenvalue weighted by atomic mass is 9.80. The maximum atomic E-state index is 6.36. The second-order valence-corrected chi connectivity index (χ2v) is 5.15. The highest BCUT2D eigenvalue weighted by atomic mass is 32.1. The van der Waals surface area contributed by atoms with Crippen molar-refractivity contribution in [3.8, 4) is 0 Å². The zero-order chi connectivity index (χ0) is 10.6. The van der Waals surface area contributed by atoms with Crippen molar-refractivity contribution in [3.63, 3.8) is 0 Å². The van der Waals surface area contributed by atoms with Crippen LogP contribution in [0.3, 0.4) is 0 Å². The molecule has 0 fully saturated rings. The van der Waals surface area contributed by atoms with E-state index in [-0.39, 0.29) is 5.54 Å². The number of hydrogen-bond donors (Lipinski definition) is 1. The van der Waals surface area contributed by atoms with E-state index in [9.17, 15) is 0 Å². The third-order valence-corrected chi connectivity index (χ3v) is 4.00. The molecule has 1 unspecified atom stereocenters. The van der Waals surface area contributed by atoms with Crippen molar-refractivity contribution in [2.24, 2.45) is 11.7 Å². The summed E-state index contributed by atoms with van der Waals surface area (Å²) in [5.41, 5.74) is 7.81. The second-order valence-electron chi connectivity index (χ2n) is 4.37. The van der Waals surface area contributed by atoms with E-state index in [2.05, 4.69) is 37.6 Å². The van der Waals surface area contributed by atoms with Gasteiger partial charge < -0.3 is 5.73 Å². The largest absolute Gasteiger partial charge is 0.325 e. The van der Waals surface area contributed by atoms with Crippen LogP contribution in [0.4, 0.5) is 0 Å². The zero-order valence-electron chi connectivity index (χ0n) is 9.42. The fourth-order valence-corrected chi connectivity index (χ4v) is 2.39. The summed E-state index contributed by atoms with van der Waals surface area (Å²) in [6, 6.07) is 2.20. The van der Waals surface area contributed by atoms with Crippen LogP contribution in [0.5, 0.6) is 0 Å². The maximum absolute atomic E-state index is 6.36. The lowest BCUT2D eigenvalue weighted by Crippen LogP contribution is -2.44. The molecule has 2 heteroatoms. The normalized spacial score (nSPS) is 15.8. The van der Waals surface area contributed by atoms with Gasteiger partial charge in [0, 0.05) is 5.54 Å². The molecule has 0 aliphatic rings. The first-order chi connectivity index (χ1) is 6.58. The summed E-state index contributed by atoms with van der Waals surface area (Å²) >= 11 is 1.77. The predicted molar refractivity (Wildman–Crippen MR) is 64.7 cm³/mol. The minimum absolute atomic E-state index is 0.0158. The molecule has 0 aromatic carbocycles. The Labute approximate surface area is 91.3 Å². The molecule has 0 aliphatic heterocycles. The van der Waals surface area contributed by atoms with Crippen LogP contribution in [0.25, 0.3) is 0 Å². The Morgan fingerprint density at radius 1 is 1.50 bits per heavy atom. The quantitative estimate of drug-likeness (QED) is 0.793. The van der Waals surface area contributed by atoms with Crippen molar-refractivity contribution >= 4 is 11.3 Å². The average molecular weight is 211 g/mol. The van der Waals surface area contributed by atoms with Crippen molar-refractivity contribution in [2.45, 2.75) is 45.6 Å². The third-order valence-electron chi connectivity index (χ3n) is 3.27. The summed E-state index contributed by atoms with van der Waals surface area (Å²) in [6.45, 7) is 6.63. The molecule has 0 saturated carbocycles. The summed E-state index contributed by atoms with van der Waals surface area (Å²) in [4.78, 5) is 0. The summed E-state index contributed by atoms with van der Waals surface area (Å²) in [7, 11) is 0. The first kappa shape index (κ1) is 11.7. The van der Waals surface area contributed by atoms with E-state index in [0.29, 0.717) is 5.92 Å². The molecule has 80 valence electrons. The Morgan fingerprint density at radius 2 is 2.21 bits per heavy atom. The number of thiophene rings is 1. The lowest BCUT2D eigenvalue weighted by Gasteiger charge is -2.32. The molecule has 0 spiro atoms. The van der Waals surface area contributed by atoms with E-state index in [1.165, 1.54) is 5.56 Å². The highest BCUT2D eigenvalue weighted by molar-refractivity contribution is 7.07. The minimum atomic E-state index is 0.0158. The number of aryl methyl sites for hydroxylation is 1. The fourth-order valence-electron chi connectivity index (χ4n) is 1.69. The van der Waals surface area contributed by atoms with Crippen molar-refractivity contribution in [1.82, 2.24) is 0 Å². The van der Waals surface area contributed by atoms with Crippen LogP contribution < -0.4 is 5.73 Å². The van der Waals surface area contributed by atoms with Crippen LogP contribution in [0.2, 0.25) is 0 Å². The molecule has 0 radical (unpaired) electrons. The van der Waals surface area contributed by atoms with E-state index in [1.807, 2.05) is 0 Å². The van der Waals surface area contributed by atoms with Crippen LogP contribution in [0.1, 0.15) is 39.2 Å². The van der Waals surface area contributed by atoms with Gasteiger partial charge in [-0.05, 0) is 47.6 Å². The van der Waals surface area contributed by atoms with Gasteiger partial charge in [0.2, 0.25) is 0 Å².